The second kappa shape index (κ2) is 4.75. The number of rotatable bonds is 3. The van der Waals surface area contributed by atoms with Crippen LogP contribution in [0, 0.1) is 0 Å². The van der Waals surface area contributed by atoms with Crippen LogP contribution in [0.3, 0.4) is 0 Å². The van der Waals surface area contributed by atoms with Crippen LogP contribution in [0.25, 0.3) is 11.1 Å². The third-order valence-corrected chi connectivity index (χ3v) is 3.93. The summed E-state index contributed by atoms with van der Waals surface area (Å²) in [6, 6.07) is 17.4. The van der Waals surface area contributed by atoms with Gasteiger partial charge < -0.3 is 5.32 Å². The molecule has 2 unspecified atom stereocenters. The van der Waals surface area contributed by atoms with E-state index in [1.807, 2.05) is 19.2 Å². The maximum Gasteiger partial charge on any atom is 0.0406 e. The van der Waals surface area contributed by atoms with Crippen LogP contribution in [0.15, 0.2) is 48.5 Å². The molecule has 1 fully saturated rings. The summed E-state index contributed by atoms with van der Waals surface area (Å²) in [6.07, 6.45) is 1.24. The Morgan fingerprint density at radius 2 is 1.78 bits per heavy atom. The number of benzene rings is 2. The molecule has 2 atom stereocenters. The van der Waals surface area contributed by atoms with Crippen LogP contribution >= 0.6 is 11.6 Å². The maximum absolute atomic E-state index is 5.95. The molecule has 1 nitrogen and oxygen atoms in total. The number of halogens is 1. The lowest BCUT2D eigenvalue weighted by atomic mass is 9.96. The van der Waals surface area contributed by atoms with E-state index in [4.69, 9.17) is 11.6 Å². The molecule has 2 aromatic carbocycles. The average Bonchev–Trinajstić information content (AvgIpc) is 3.19. The van der Waals surface area contributed by atoms with Crippen molar-refractivity contribution < 1.29 is 0 Å². The van der Waals surface area contributed by atoms with Gasteiger partial charge in [0.05, 0.1) is 0 Å². The zero-order valence-corrected chi connectivity index (χ0v) is 11.1. The first kappa shape index (κ1) is 11.8. The molecule has 92 valence electrons. The Hall–Kier alpha value is -1.31. The molecule has 0 aromatic heterocycles. The van der Waals surface area contributed by atoms with Crippen molar-refractivity contribution in [2.75, 3.05) is 7.05 Å². The van der Waals surface area contributed by atoms with Gasteiger partial charge in [0.15, 0.2) is 0 Å². The molecule has 0 bridgehead atoms. The SMILES string of the molecule is CNC1CC1c1ccccc1-c1ccc(Cl)cc1. The van der Waals surface area contributed by atoms with Crippen LogP contribution < -0.4 is 5.32 Å². The predicted octanol–water partition coefficient (Wildman–Crippen LogP) is 4.08. The minimum atomic E-state index is 0.637. The molecular formula is C16H16ClN. The standard InChI is InChI=1S/C16H16ClN/c1-18-16-10-15(16)14-5-3-2-4-13(14)11-6-8-12(17)9-7-11/h2-9,15-16,18H,10H2,1H3. The smallest absolute Gasteiger partial charge is 0.0406 e. The molecule has 0 spiro atoms. The Labute approximate surface area is 113 Å². The predicted molar refractivity (Wildman–Crippen MR) is 77.1 cm³/mol. The number of nitrogens with one attached hydrogen (secondary N) is 1. The summed E-state index contributed by atoms with van der Waals surface area (Å²) in [4.78, 5) is 0. The molecule has 1 N–H and O–H groups in total. The topological polar surface area (TPSA) is 12.0 Å². The molecule has 18 heavy (non-hydrogen) atoms. The molecular weight excluding hydrogens is 242 g/mol. The van der Waals surface area contributed by atoms with E-state index in [9.17, 15) is 0 Å². The van der Waals surface area contributed by atoms with Crippen molar-refractivity contribution in [1.29, 1.82) is 0 Å². The van der Waals surface area contributed by atoms with Crippen molar-refractivity contribution in [1.82, 2.24) is 5.32 Å². The average molecular weight is 258 g/mol. The number of hydrogen-bond donors (Lipinski definition) is 1. The van der Waals surface area contributed by atoms with E-state index in [0.717, 1.165) is 5.02 Å². The first-order valence-electron chi connectivity index (χ1n) is 6.31. The Morgan fingerprint density at radius 3 is 2.44 bits per heavy atom. The van der Waals surface area contributed by atoms with E-state index < -0.39 is 0 Å². The Balaban J connectivity index is 1.99. The van der Waals surface area contributed by atoms with Crippen LogP contribution in [0.5, 0.6) is 0 Å². The van der Waals surface area contributed by atoms with E-state index >= 15 is 0 Å². The maximum atomic E-state index is 5.95. The highest BCUT2D eigenvalue weighted by Crippen LogP contribution is 2.44. The molecule has 0 aliphatic heterocycles. The molecule has 2 heteroatoms. The highest BCUT2D eigenvalue weighted by atomic mass is 35.5. The van der Waals surface area contributed by atoms with Gasteiger partial charge in [0.2, 0.25) is 0 Å². The molecule has 0 heterocycles. The Bertz CT molecular complexity index is 547. The molecule has 0 saturated heterocycles. The van der Waals surface area contributed by atoms with Crippen LogP contribution in [-0.2, 0) is 0 Å². The van der Waals surface area contributed by atoms with Crippen molar-refractivity contribution in [3.05, 3.63) is 59.1 Å². The van der Waals surface area contributed by atoms with Gasteiger partial charge in [0, 0.05) is 17.0 Å². The number of hydrogen-bond acceptors (Lipinski definition) is 1. The summed E-state index contributed by atoms with van der Waals surface area (Å²) in [7, 11) is 2.04. The zero-order valence-electron chi connectivity index (χ0n) is 10.4. The molecule has 1 aliphatic rings. The minimum Gasteiger partial charge on any atom is -0.316 e. The normalized spacial score (nSPS) is 21.9. The third kappa shape index (κ3) is 2.16. The van der Waals surface area contributed by atoms with Gasteiger partial charge in [-0.25, -0.2) is 0 Å². The Kier molecular flexibility index (Phi) is 3.11. The van der Waals surface area contributed by atoms with Crippen molar-refractivity contribution in [2.24, 2.45) is 0 Å². The molecule has 2 aromatic rings. The second-order valence-electron chi connectivity index (χ2n) is 4.83. The lowest BCUT2D eigenvalue weighted by Crippen LogP contribution is -2.10. The van der Waals surface area contributed by atoms with E-state index in [-0.39, 0.29) is 0 Å². The van der Waals surface area contributed by atoms with Gasteiger partial charge in [-0.2, -0.15) is 0 Å². The molecule has 0 amide bonds. The summed E-state index contributed by atoms with van der Waals surface area (Å²) >= 11 is 5.95. The number of likely N-dealkylation sites (N-methyl/N-ethyl adjacent to an activating group) is 1. The van der Waals surface area contributed by atoms with Crippen LogP contribution in [0.4, 0.5) is 0 Å². The largest absolute Gasteiger partial charge is 0.316 e. The van der Waals surface area contributed by atoms with Crippen LogP contribution in [-0.4, -0.2) is 13.1 Å². The van der Waals surface area contributed by atoms with Crippen LogP contribution in [0.2, 0.25) is 5.02 Å². The first-order valence-corrected chi connectivity index (χ1v) is 6.69. The summed E-state index contributed by atoms with van der Waals surface area (Å²) in [5.41, 5.74) is 4.02. The minimum absolute atomic E-state index is 0.637. The van der Waals surface area contributed by atoms with Crippen molar-refractivity contribution >= 4 is 11.6 Å². The zero-order chi connectivity index (χ0) is 12.5. The van der Waals surface area contributed by atoms with E-state index in [2.05, 4.69) is 41.7 Å². The summed E-state index contributed by atoms with van der Waals surface area (Å²) in [6.45, 7) is 0. The third-order valence-electron chi connectivity index (χ3n) is 3.68. The van der Waals surface area contributed by atoms with Gasteiger partial charge in [-0.05, 0) is 42.3 Å². The van der Waals surface area contributed by atoms with Crippen molar-refractivity contribution in [3.63, 3.8) is 0 Å². The van der Waals surface area contributed by atoms with Crippen LogP contribution in [0.1, 0.15) is 17.9 Å². The highest BCUT2D eigenvalue weighted by molar-refractivity contribution is 6.30. The monoisotopic (exact) mass is 257 g/mol. The van der Waals surface area contributed by atoms with Gasteiger partial charge in [-0.15, -0.1) is 0 Å². The highest BCUT2D eigenvalue weighted by Gasteiger charge is 2.38. The van der Waals surface area contributed by atoms with Crippen molar-refractivity contribution in [2.45, 2.75) is 18.4 Å². The van der Waals surface area contributed by atoms with Gasteiger partial charge in [0.25, 0.3) is 0 Å². The van der Waals surface area contributed by atoms with E-state index in [1.165, 1.54) is 23.1 Å². The quantitative estimate of drug-likeness (QED) is 0.874. The summed E-state index contributed by atoms with van der Waals surface area (Å²) in [5, 5.41) is 4.14. The van der Waals surface area contributed by atoms with Gasteiger partial charge in [0.1, 0.15) is 0 Å². The molecule has 3 rings (SSSR count). The van der Waals surface area contributed by atoms with Gasteiger partial charge in [-0.3, -0.25) is 0 Å². The lowest BCUT2D eigenvalue weighted by Gasteiger charge is -2.09. The summed E-state index contributed by atoms with van der Waals surface area (Å²) < 4.78 is 0. The lowest BCUT2D eigenvalue weighted by molar-refractivity contribution is 0.784. The first-order chi connectivity index (χ1) is 8.79. The van der Waals surface area contributed by atoms with E-state index in [0.29, 0.717) is 12.0 Å². The second-order valence-corrected chi connectivity index (χ2v) is 5.27. The van der Waals surface area contributed by atoms with Gasteiger partial charge >= 0.3 is 0 Å². The molecule has 1 aliphatic carbocycles. The fourth-order valence-corrected chi connectivity index (χ4v) is 2.70. The molecule has 1 saturated carbocycles. The fourth-order valence-electron chi connectivity index (χ4n) is 2.57. The van der Waals surface area contributed by atoms with Gasteiger partial charge in [-0.1, -0.05) is 48.0 Å². The molecule has 0 radical (unpaired) electrons. The van der Waals surface area contributed by atoms with Crippen molar-refractivity contribution in [3.8, 4) is 11.1 Å². The van der Waals surface area contributed by atoms with E-state index in [1.54, 1.807) is 0 Å². The fraction of sp³-hybridized carbons (Fsp3) is 0.250. The Morgan fingerprint density at radius 1 is 1.06 bits per heavy atom. The summed E-state index contributed by atoms with van der Waals surface area (Å²) in [5.74, 6) is 0.655.